The molecule has 3 rings (SSSR count). The van der Waals surface area contributed by atoms with Gasteiger partial charge in [0, 0.05) is 23.2 Å². The lowest BCUT2D eigenvalue weighted by molar-refractivity contribution is 0.102. The van der Waals surface area contributed by atoms with Crippen LogP contribution in [-0.2, 0) is 6.42 Å². The lowest BCUT2D eigenvalue weighted by Crippen LogP contribution is -2.14. The number of anilines is 1. The number of benzene rings is 1. The summed E-state index contributed by atoms with van der Waals surface area (Å²) in [6.45, 7) is 9.96. The van der Waals surface area contributed by atoms with Crippen LogP contribution in [0.4, 0.5) is 5.82 Å². The van der Waals surface area contributed by atoms with Gasteiger partial charge >= 0.3 is 0 Å². The lowest BCUT2D eigenvalue weighted by atomic mass is 10.00. The van der Waals surface area contributed by atoms with Gasteiger partial charge in [-0.25, -0.2) is 4.98 Å². The Hall–Kier alpha value is -2.88. The number of hydrogen-bond donors (Lipinski definition) is 2. The van der Waals surface area contributed by atoms with Crippen LogP contribution >= 0.6 is 0 Å². The molecular formula is C20H21N3O. The van der Waals surface area contributed by atoms with Gasteiger partial charge in [-0.2, -0.15) is 0 Å². The third-order valence-corrected chi connectivity index (χ3v) is 4.15. The van der Waals surface area contributed by atoms with Crippen LogP contribution in [0.2, 0.25) is 0 Å². The first-order chi connectivity index (χ1) is 11.5. The van der Waals surface area contributed by atoms with E-state index in [9.17, 15) is 4.79 Å². The van der Waals surface area contributed by atoms with Crippen LogP contribution in [0, 0.1) is 6.92 Å². The van der Waals surface area contributed by atoms with E-state index in [2.05, 4.69) is 28.8 Å². The molecule has 0 aliphatic heterocycles. The van der Waals surface area contributed by atoms with E-state index in [1.54, 1.807) is 0 Å². The molecular weight excluding hydrogens is 298 g/mol. The van der Waals surface area contributed by atoms with Crippen molar-refractivity contribution in [2.75, 3.05) is 5.32 Å². The predicted molar refractivity (Wildman–Crippen MR) is 99.3 cm³/mol. The maximum atomic E-state index is 12.5. The van der Waals surface area contributed by atoms with Crippen LogP contribution in [-0.4, -0.2) is 15.9 Å². The fourth-order valence-corrected chi connectivity index (χ4v) is 2.93. The van der Waals surface area contributed by atoms with E-state index < -0.39 is 0 Å². The summed E-state index contributed by atoms with van der Waals surface area (Å²) in [6.07, 6.45) is 2.70. The number of aryl methyl sites for hydroxylation is 2. The molecule has 122 valence electrons. The maximum Gasteiger partial charge on any atom is 0.256 e. The molecule has 0 saturated heterocycles. The van der Waals surface area contributed by atoms with Crippen molar-refractivity contribution in [2.45, 2.75) is 27.2 Å². The van der Waals surface area contributed by atoms with E-state index in [0.717, 1.165) is 39.7 Å². The fraction of sp³-hybridized carbons (Fsp3) is 0.200. The number of hydrogen-bond acceptors (Lipinski definition) is 2. The van der Waals surface area contributed by atoms with E-state index in [4.69, 9.17) is 0 Å². The summed E-state index contributed by atoms with van der Waals surface area (Å²) >= 11 is 0. The molecule has 2 aromatic heterocycles. The summed E-state index contributed by atoms with van der Waals surface area (Å²) in [6, 6.07) is 9.51. The van der Waals surface area contributed by atoms with Gasteiger partial charge < -0.3 is 10.3 Å². The van der Waals surface area contributed by atoms with E-state index in [-0.39, 0.29) is 5.91 Å². The van der Waals surface area contributed by atoms with Crippen molar-refractivity contribution >= 4 is 28.2 Å². The summed E-state index contributed by atoms with van der Waals surface area (Å²) in [5.41, 5.74) is 5.67. The van der Waals surface area contributed by atoms with E-state index in [1.165, 1.54) is 0 Å². The van der Waals surface area contributed by atoms with Gasteiger partial charge in [-0.15, -0.1) is 0 Å². The summed E-state index contributed by atoms with van der Waals surface area (Å²) in [7, 11) is 0. The number of allylic oxidation sites excluding steroid dienone is 1. The SMILES string of the molecule is C=C(C)c1ccc(C(=O)Nc2cc3[nH]ccc3c(CC)n2)cc1C. The second-order valence-corrected chi connectivity index (χ2v) is 6.01. The number of amides is 1. The zero-order chi connectivity index (χ0) is 17.3. The Morgan fingerprint density at radius 3 is 2.75 bits per heavy atom. The molecule has 1 amide bonds. The molecule has 24 heavy (non-hydrogen) atoms. The van der Waals surface area contributed by atoms with Crippen LogP contribution in [0.3, 0.4) is 0 Å². The molecule has 0 aliphatic carbocycles. The number of nitrogens with zero attached hydrogens (tertiary/aromatic N) is 1. The fourth-order valence-electron chi connectivity index (χ4n) is 2.93. The summed E-state index contributed by atoms with van der Waals surface area (Å²) in [5, 5.41) is 3.99. The molecule has 0 atom stereocenters. The number of aromatic amines is 1. The van der Waals surface area contributed by atoms with Gasteiger partial charge in [-0.1, -0.05) is 25.1 Å². The van der Waals surface area contributed by atoms with Crippen molar-refractivity contribution in [3.8, 4) is 0 Å². The Balaban J connectivity index is 1.89. The topological polar surface area (TPSA) is 57.8 Å². The van der Waals surface area contributed by atoms with Crippen molar-refractivity contribution in [1.29, 1.82) is 0 Å². The molecule has 0 saturated carbocycles. The molecule has 0 spiro atoms. The van der Waals surface area contributed by atoms with Gasteiger partial charge in [0.2, 0.25) is 0 Å². The highest BCUT2D eigenvalue weighted by atomic mass is 16.1. The number of fused-ring (bicyclic) bond motifs is 1. The highest BCUT2D eigenvalue weighted by Crippen LogP contribution is 2.22. The van der Waals surface area contributed by atoms with Crippen molar-refractivity contribution in [3.63, 3.8) is 0 Å². The monoisotopic (exact) mass is 319 g/mol. The van der Waals surface area contributed by atoms with Crippen molar-refractivity contribution in [3.05, 3.63) is 65.5 Å². The number of rotatable bonds is 4. The third kappa shape index (κ3) is 2.95. The van der Waals surface area contributed by atoms with Crippen LogP contribution in [0.1, 0.15) is 41.0 Å². The predicted octanol–water partition coefficient (Wildman–Crippen LogP) is 4.72. The highest BCUT2D eigenvalue weighted by molar-refractivity contribution is 6.04. The van der Waals surface area contributed by atoms with Gasteiger partial charge in [0.25, 0.3) is 5.91 Å². The zero-order valence-corrected chi connectivity index (χ0v) is 14.2. The smallest absolute Gasteiger partial charge is 0.256 e. The lowest BCUT2D eigenvalue weighted by Gasteiger charge is -2.10. The molecule has 4 heteroatoms. The Bertz CT molecular complexity index is 937. The third-order valence-electron chi connectivity index (χ3n) is 4.15. The minimum atomic E-state index is -0.160. The summed E-state index contributed by atoms with van der Waals surface area (Å²) < 4.78 is 0. The molecule has 0 bridgehead atoms. The average molecular weight is 319 g/mol. The highest BCUT2D eigenvalue weighted by Gasteiger charge is 2.11. The van der Waals surface area contributed by atoms with Crippen LogP contribution in [0.25, 0.3) is 16.5 Å². The second kappa shape index (κ2) is 6.32. The van der Waals surface area contributed by atoms with Crippen molar-refractivity contribution in [1.82, 2.24) is 9.97 Å². The first kappa shape index (κ1) is 16.0. The summed E-state index contributed by atoms with van der Waals surface area (Å²) in [4.78, 5) is 20.3. The normalized spacial score (nSPS) is 10.8. The van der Waals surface area contributed by atoms with Gasteiger partial charge in [-0.05, 0) is 49.6 Å². The van der Waals surface area contributed by atoms with Gasteiger partial charge in [0.1, 0.15) is 5.82 Å². The van der Waals surface area contributed by atoms with Crippen LogP contribution in [0.15, 0.2) is 43.1 Å². The second-order valence-electron chi connectivity index (χ2n) is 6.01. The number of pyridine rings is 1. The van der Waals surface area contributed by atoms with E-state index >= 15 is 0 Å². The number of nitrogens with one attached hydrogen (secondary N) is 2. The quantitative estimate of drug-likeness (QED) is 0.731. The zero-order valence-electron chi connectivity index (χ0n) is 14.2. The molecule has 4 nitrogen and oxygen atoms in total. The number of H-pyrrole nitrogens is 1. The van der Waals surface area contributed by atoms with Crippen molar-refractivity contribution in [2.24, 2.45) is 0 Å². The first-order valence-corrected chi connectivity index (χ1v) is 8.04. The first-order valence-electron chi connectivity index (χ1n) is 8.04. The minimum Gasteiger partial charge on any atom is -0.361 e. The summed E-state index contributed by atoms with van der Waals surface area (Å²) in [5.74, 6) is 0.403. The molecule has 1 aromatic carbocycles. The van der Waals surface area contributed by atoms with Gasteiger partial charge in [0.05, 0.1) is 11.2 Å². The van der Waals surface area contributed by atoms with Crippen LogP contribution < -0.4 is 5.32 Å². The molecule has 2 N–H and O–H groups in total. The minimum absolute atomic E-state index is 0.160. The molecule has 2 heterocycles. The van der Waals surface area contributed by atoms with Crippen molar-refractivity contribution < 1.29 is 4.79 Å². The van der Waals surface area contributed by atoms with Crippen LogP contribution in [0.5, 0.6) is 0 Å². The molecule has 0 unspecified atom stereocenters. The van der Waals surface area contributed by atoms with E-state index in [1.807, 2.05) is 50.4 Å². The Kier molecular flexibility index (Phi) is 4.21. The van der Waals surface area contributed by atoms with Gasteiger partial charge in [-0.3, -0.25) is 4.79 Å². The maximum absolute atomic E-state index is 12.5. The Morgan fingerprint density at radius 1 is 1.29 bits per heavy atom. The number of carbonyl (C=O) groups excluding carboxylic acids is 1. The Labute approximate surface area is 141 Å². The standard InChI is InChI=1S/C20H21N3O/c1-5-17-16-8-9-21-18(16)11-19(22-17)23-20(24)14-6-7-15(12(2)3)13(4)10-14/h6-11,21H,2,5H2,1,3-4H3,(H,22,23,24). The largest absolute Gasteiger partial charge is 0.361 e. The average Bonchev–Trinajstić information content (AvgIpc) is 3.02. The number of aromatic nitrogens is 2. The molecule has 0 aliphatic rings. The molecule has 0 fully saturated rings. The van der Waals surface area contributed by atoms with E-state index in [0.29, 0.717) is 11.4 Å². The molecule has 0 radical (unpaired) electrons. The molecule has 3 aromatic rings. The number of carbonyl (C=O) groups is 1. The van der Waals surface area contributed by atoms with Gasteiger partial charge in [0.15, 0.2) is 0 Å². The Morgan fingerprint density at radius 2 is 2.08 bits per heavy atom.